The van der Waals surface area contributed by atoms with Crippen molar-refractivity contribution in [3.63, 3.8) is 0 Å². The van der Waals surface area contributed by atoms with Crippen molar-refractivity contribution in [2.24, 2.45) is 23.0 Å². The molecule has 0 aromatic heterocycles. The standard InChI is InChI=1S/C14H26N2O2/c1-14(2,3)12(17)10-6-4-5-7-11(10)13(18)16-9-8-15/h10-11H,4-9,15H2,1-3H3,(H,16,18)/t10-,11+/m0/s1. The second kappa shape index (κ2) is 6.32. The molecule has 1 fully saturated rings. The van der Waals surface area contributed by atoms with Crippen LogP contribution in [0, 0.1) is 17.3 Å². The number of nitrogens with one attached hydrogen (secondary N) is 1. The quantitative estimate of drug-likeness (QED) is 0.798. The lowest BCUT2D eigenvalue weighted by molar-refractivity contribution is -0.139. The summed E-state index contributed by atoms with van der Waals surface area (Å²) in [5.74, 6) is -0.0496. The maximum absolute atomic E-state index is 12.4. The maximum Gasteiger partial charge on any atom is 0.223 e. The molecule has 3 N–H and O–H groups in total. The van der Waals surface area contributed by atoms with E-state index in [1.807, 2.05) is 20.8 Å². The van der Waals surface area contributed by atoms with Crippen molar-refractivity contribution in [2.75, 3.05) is 13.1 Å². The van der Waals surface area contributed by atoms with E-state index in [0.29, 0.717) is 13.1 Å². The van der Waals surface area contributed by atoms with Crippen LogP contribution in [0.5, 0.6) is 0 Å². The lowest BCUT2D eigenvalue weighted by Gasteiger charge is -2.33. The molecule has 0 saturated heterocycles. The molecule has 104 valence electrons. The molecule has 4 heteroatoms. The lowest BCUT2D eigenvalue weighted by Crippen LogP contribution is -2.43. The normalized spacial score (nSPS) is 24.7. The fourth-order valence-corrected chi connectivity index (χ4v) is 2.64. The molecule has 1 saturated carbocycles. The van der Waals surface area contributed by atoms with Gasteiger partial charge in [-0.1, -0.05) is 33.6 Å². The summed E-state index contributed by atoms with van der Waals surface area (Å²) < 4.78 is 0. The van der Waals surface area contributed by atoms with Gasteiger partial charge in [-0.15, -0.1) is 0 Å². The predicted octanol–water partition coefficient (Wildman–Crippen LogP) is 1.48. The van der Waals surface area contributed by atoms with Crippen molar-refractivity contribution in [3.05, 3.63) is 0 Å². The zero-order valence-electron chi connectivity index (χ0n) is 11.8. The number of carbonyl (C=O) groups is 2. The van der Waals surface area contributed by atoms with Gasteiger partial charge in [0.1, 0.15) is 5.78 Å². The van der Waals surface area contributed by atoms with Crippen LogP contribution in [0.15, 0.2) is 0 Å². The van der Waals surface area contributed by atoms with Crippen LogP contribution in [0.4, 0.5) is 0 Å². The number of amides is 1. The van der Waals surface area contributed by atoms with Crippen molar-refractivity contribution < 1.29 is 9.59 Å². The van der Waals surface area contributed by atoms with Crippen molar-refractivity contribution in [1.82, 2.24) is 5.32 Å². The van der Waals surface area contributed by atoms with Crippen LogP contribution in [-0.2, 0) is 9.59 Å². The van der Waals surface area contributed by atoms with E-state index in [-0.39, 0.29) is 28.9 Å². The predicted molar refractivity (Wildman–Crippen MR) is 72.0 cm³/mol. The van der Waals surface area contributed by atoms with Crippen molar-refractivity contribution in [3.8, 4) is 0 Å². The maximum atomic E-state index is 12.4. The average molecular weight is 254 g/mol. The zero-order chi connectivity index (χ0) is 13.8. The Hall–Kier alpha value is -0.900. The van der Waals surface area contributed by atoms with E-state index >= 15 is 0 Å². The van der Waals surface area contributed by atoms with Gasteiger partial charge in [-0.25, -0.2) is 0 Å². The van der Waals surface area contributed by atoms with Gasteiger partial charge in [0.05, 0.1) is 0 Å². The number of hydrogen-bond acceptors (Lipinski definition) is 3. The topological polar surface area (TPSA) is 72.2 Å². The lowest BCUT2D eigenvalue weighted by atomic mass is 9.70. The van der Waals surface area contributed by atoms with Crippen LogP contribution in [-0.4, -0.2) is 24.8 Å². The minimum atomic E-state index is -0.367. The molecule has 1 aliphatic carbocycles. The SMILES string of the molecule is CC(C)(C)C(=O)[C@H]1CCCC[C@H]1C(=O)NCCN. The Bertz CT molecular complexity index is 307. The third-order valence-electron chi connectivity index (χ3n) is 3.62. The van der Waals surface area contributed by atoms with E-state index in [0.717, 1.165) is 25.7 Å². The summed E-state index contributed by atoms with van der Waals surface area (Å²) in [5.41, 5.74) is 5.02. The number of Topliss-reactive ketones (excluding diaryl/α,β-unsaturated/α-hetero) is 1. The second-order valence-corrected chi connectivity index (χ2v) is 6.19. The Labute approximate surface area is 110 Å². The smallest absolute Gasteiger partial charge is 0.223 e. The van der Waals surface area contributed by atoms with E-state index in [9.17, 15) is 9.59 Å². The number of nitrogens with two attached hydrogens (primary N) is 1. The fraction of sp³-hybridized carbons (Fsp3) is 0.857. The van der Waals surface area contributed by atoms with E-state index < -0.39 is 0 Å². The molecule has 0 aliphatic heterocycles. The van der Waals surface area contributed by atoms with Crippen LogP contribution >= 0.6 is 0 Å². The van der Waals surface area contributed by atoms with Crippen LogP contribution in [0.2, 0.25) is 0 Å². The van der Waals surface area contributed by atoms with Crippen LogP contribution in [0.3, 0.4) is 0 Å². The average Bonchev–Trinajstić information content (AvgIpc) is 2.34. The highest BCUT2D eigenvalue weighted by molar-refractivity contribution is 5.91. The van der Waals surface area contributed by atoms with E-state index in [1.54, 1.807) is 0 Å². The summed E-state index contributed by atoms with van der Waals surface area (Å²) in [6, 6.07) is 0. The van der Waals surface area contributed by atoms with Gasteiger partial charge < -0.3 is 11.1 Å². The summed E-state index contributed by atoms with van der Waals surface area (Å²) >= 11 is 0. The molecule has 0 aromatic carbocycles. The molecule has 18 heavy (non-hydrogen) atoms. The number of ketones is 1. The number of hydrogen-bond donors (Lipinski definition) is 2. The summed E-state index contributed by atoms with van der Waals surface area (Å²) in [5, 5.41) is 2.82. The van der Waals surface area contributed by atoms with Crippen LogP contribution in [0.25, 0.3) is 0 Å². The highest BCUT2D eigenvalue weighted by Gasteiger charge is 2.39. The molecule has 0 unspecified atom stereocenters. The monoisotopic (exact) mass is 254 g/mol. The highest BCUT2D eigenvalue weighted by Crippen LogP contribution is 2.35. The Balaban J connectivity index is 2.74. The van der Waals surface area contributed by atoms with Gasteiger partial charge in [-0.05, 0) is 12.8 Å². The van der Waals surface area contributed by atoms with Gasteiger partial charge in [0.25, 0.3) is 0 Å². The first-order valence-electron chi connectivity index (χ1n) is 6.90. The molecule has 0 aromatic rings. The molecule has 1 amide bonds. The fourth-order valence-electron chi connectivity index (χ4n) is 2.64. The summed E-state index contributed by atoms with van der Waals surface area (Å²) in [7, 11) is 0. The molecular weight excluding hydrogens is 228 g/mol. The number of carbonyl (C=O) groups excluding carboxylic acids is 2. The van der Waals surface area contributed by atoms with Crippen LogP contribution < -0.4 is 11.1 Å². The van der Waals surface area contributed by atoms with E-state index in [2.05, 4.69) is 5.32 Å². The summed E-state index contributed by atoms with van der Waals surface area (Å²) in [6.45, 7) is 6.72. The molecule has 1 aliphatic rings. The van der Waals surface area contributed by atoms with Gasteiger partial charge in [-0.2, -0.15) is 0 Å². The molecule has 4 nitrogen and oxygen atoms in total. The van der Waals surface area contributed by atoms with E-state index in [4.69, 9.17) is 5.73 Å². The van der Waals surface area contributed by atoms with Crippen molar-refractivity contribution in [1.29, 1.82) is 0 Å². The van der Waals surface area contributed by atoms with Crippen LogP contribution in [0.1, 0.15) is 46.5 Å². The zero-order valence-corrected chi connectivity index (χ0v) is 11.8. The first-order chi connectivity index (χ1) is 8.38. The summed E-state index contributed by atoms with van der Waals surface area (Å²) in [4.78, 5) is 24.5. The third kappa shape index (κ3) is 3.80. The van der Waals surface area contributed by atoms with Gasteiger partial charge in [0, 0.05) is 30.3 Å². The van der Waals surface area contributed by atoms with Gasteiger partial charge in [0.2, 0.25) is 5.91 Å². The second-order valence-electron chi connectivity index (χ2n) is 6.19. The molecule has 2 atom stereocenters. The highest BCUT2D eigenvalue weighted by atomic mass is 16.2. The summed E-state index contributed by atoms with van der Waals surface area (Å²) in [6.07, 6.45) is 3.75. The van der Waals surface area contributed by atoms with Gasteiger partial charge in [-0.3, -0.25) is 9.59 Å². The third-order valence-corrected chi connectivity index (χ3v) is 3.62. The largest absolute Gasteiger partial charge is 0.355 e. The molecular formula is C14H26N2O2. The van der Waals surface area contributed by atoms with Gasteiger partial charge in [0.15, 0.2) is 0 Å². The first kappa shape index (κ1) is 15.2. The minimum Gasteiger partial charge on any atom is -0.355 e. The Morgan fingerprint density at radius 1 is 1.17 bits per heavy atom. The molecule has 0 spiro atoms. The van der Waals surface area contributed by atoms with E-state index in [1.165, 1.54) is 0 Å². The van der Waals surface area contributed by atoms with Crippen molar-refractivity contribution in [2.45, 2.75) is 46.5 Å². The minimum absolute atomic E-state index is 0.00255. The Morgan fingerprint density at radius 3 is 2.22 bits per heavy atom. The van der Waals surface area contributed by atoms with Gasteiger partial charge >= 0.3 is 0 Å². The Morgan fingerprint density at radius 2 is 1.72 bits per heavy atom. The molecule has 1 rings (SSSR count). The first-order valence-corrected chi connectivity index (χ1v) is 6.90. The van der Waals surface area contributed by atoms with Crippen molar-refractivity contribution >= 4 is 11.7 Å². The molecule has 0 heterocycles. The molecule has 0 bridgehead atoms. The molecule has 0 radical (unpaired) electrons. The Kier molecular flexibility index (Phi) is 5.32. The number of rotatable bonds is 4.